The fraction of sp³-hybridized carbons (Fsp3) is 0.500. The summed E-state index contributed by atoms with van der Waals surface area (Å²) < 4.78 is 29.0. The number of fused-ring (bicyclic) bond motifs is 1. The van der Waals surface area contributed by atoms with Crippen molar-refractivity contribution in [1.82, 2.24) is 14.2 Å². The molecule has 1 aromatic heterocycles. The molecule has 37 heavy (non-hydrogen) atoms. The summed E-state index contributed by atoms with van der Waals surface area (Å²) in [7, 11) is -1.89. The van der Waals surface area contributed by atoms with Gasteiger partial charge in [-0.15, -0.1) is 0 Å². The minimum Gasteiger partial charge on any atom is -0.345 e. The number of aromatic nitrogens is 1. The summed E-state index contributed by atoms with van der Waals surface area (Å²) in [4.78, 5) is 22.5. The summed E-state index contributed by atoms with van der Waals surface area (Å²) in [5.74, 6) is 0.359. The van der Waals surface area contributed by atoms with E-state index in [0.29, 0.717) is 24.6 Å². The molecule has 0 N–H and O–H groups in total. The van der Waals surface area contributed by atoms with E-state index in [9.17, 15) is 13.2 Å². The third-order valence-corrected chi connectivity index (χ3v) is 10.8. The number of para-hydroxylation sites is 1. The average molecular weight is 541 g/mol. The number of piperazine rings is 1. The Bertz CT molecular complexity index is 1350. The number of thiazole rings is 1. The zero-order chi connectivity index (χ0) is 26.2. The van der Waals surface area contributed by atoms with Gasteiger partial charge in [-0.3, -0.25) is 4.79 Å². The van der Waals surface area contributed by atoms with Crippen molar-refractivity contribution in [2.45, 2.75) is 62.8 Å². The van der Waals surface area contributed by atoms with Crippen LogP contribution in [0.2, 0.25) is 0 Å². The van der Waals surface area contributed by atoms with Crippen LogP contribution in [0.25, 0.3) is 10.2 Å². The van der Waals surface area contributed by atoms with E-state index < -0.39 is 10.0 Å². The van der Waals surface area contributed by atoms with Crippen LogP contribution >= 0.6 is 11.3 Å². The lowest BCUT2D eigenvalue weighted by molar-refractivity contribution is 0.0746. The Morgan fingerprint density at radius 3 is 2.32 bits per heavy atom. The topological polar surface area (TPSA) is 73.8 Å². The third kappa shape index (κ3) is 5.26. The van der Waals surface area contributed by atoms with Crippen molar-refractivity contribution in [2.24, 2.45) is 0 Å². The summed E-state index contributed by atoms with van der Waals surface area (Å²) in [5, 5.41) is 1.01. The van der Waals surface area contributed by atoms with Crippen LogP contribution in [0.4, 0.5) is 5.13 Å². The Morgan fingerprint density at radius 1 is 1.00 bits per heavy atom. The summed E-state index contributed by atoms with van der Waals surface area (Å²) in [6.07, 6.45) is 5.14. The van der Waals surface area contributed by atoms with E-state index in [1.807, 2.05) is 4.90 Å². The maximum atomic E-state index is 13.2. The molecule has 2 aliphatic rings. The number of benzene rings is 2. The van der Waals surface area contributed by atoms with Gasteiger partial charge in [-0.1, -0.05) is 56.6 Å². The first-order valence-corrected chi connectivity index (χ1v) is 15.5. The number of nitrogens with zero attached hydrogens (tertiary/aromatic N) is 4. The highest BCUT2D eigenvalue weighted by molar-refractivity contribution is 7.89. The number of anilines is 1. The fourth-order valence-corrected chi connectivity index (χ4v) is 7.89. The minimum atomic E-state index is -3.57. The Kier molecular flexibility index (Phi) is 7.56. The number of hydrogen-bond acceptors (Lipinski definition) is 6. The minimum absolute atomic E-state index is 0.0590. The van der Waals surface area contributed by atoms with Crippen molar-refractivity contribution in [1.29, 1.82) is 0 Å². The van der Waals surface area contributed by atoms with Crippen LogP contribution in [-0.4, -0.2) is 67.8 Å². The Labute approximate surface area is 224 Å². The molecule has 2 aromatic carbocycles. The van der Waals surface area contributed by atoms with Crippen molar-refractivity contribution in [3.63, 3.8) is 0 Å². The predicted octanol–water partition coefficient (Wildman–Crippen LogP) is 5.34. The van der Waals surface area contributed by atoms with Crippen LogP contribution in [0.5, 0.6) is 0 Å². The molecule has 1 saturated carbocycles. The number of rotatable bonds is 6. The lowest BCUT2D eigenvalue weighted by atomic mass is 9.96. The van der Waals surface area contributed by atoms with Gasteiger partial charge >= 0.3 is 0 Å². The van der Waals surface area contributed by atoms with E-state index in [-0.39, 0.29) is 16.8 Å². The van der Waals surface area contributed by atoms with Gasteiger partial charge in [-0.2, -0.15) is 4.31 Å². The van der Waals surface area contributed by atoms with E-state index in [1.54, 1.807) is 42.6 Å². The smallest absolute Gasteiger partial charge is 0.253 e. The van der Waals surface area contributed by atoms with E-state index in [1.165, 1.54) is 21.0 Å². The van der Waals surface area contributed by atoms with Gasteiger partial charge in [0.25, 0.3) is 5.91 Å². The summed E-state index contributed by atoms with van der Waals surface area (Å²) in [6.45, 7) is 7.04. The standard InChI is InChI=1S/C28H36N4O3S2/c1-20(2)24-10-7-11-25-26(24)29-28(36-25)32-18-16-31(17-19-32)27(33)21-12-14-23(15-13-21)37(34,35)30(3)22-8-5-4-6-9-22/h7,10-15,20,22H,4-6,8-9,16-19H2,1-3H3. The highest BCUT2D eigenvalue weighted by Gasteiger charge is 2.30. The molecule has 0 atom stereocenters. The number of sulfonamides is 1. The molecule has 2 heterocycles. The Balaban J connectivity index is 1.23. The molecule has 1 aliphatic carbocycles. The van der Waals surface area contributed by atoms with Gasteiger partial charge < -0.3 is 9.80 Å². The number of amides is 1. The zero-order valence-electron chi connectivity index (χ0n) is 21.9. The van der Waals surface area contributed by atoms with Crippen molar-refractivity contribution >= 4 is 42.6 Å². The van der Waals surface area contributed by atoms with Gasteiger partial charge in [0, 0.05) is 44.8 Å². The van der Waals surface area contributed by atoms with Gasteiger partial charge in [0.05, 0.1) is 15.1 Å². The van der Waals surface area contributed by atoms with E-state index in [0.717, 1.165) is 49.4 Å². The second-order valence-corrected chi connectivity index (χ2v) is 13.5. The van der Waals surface area contributed by atoms with E-state index in [2.05, 4.69) is 36.9 Å². The molecular weight excluding hydrogens is 504 g/mol. The normalized spacial score (nSPS) is 17.8. The lowest BCUT2D eigenvalue weighted by Crippen LogP contribution is -2.48. The number of hydrogen-bond donors (Lipinski definition) is 0. The molecule has 1 saturated heterocycles. The number of carbonyl (C=O) groups is 1. The van der Waals surface area contributed by atoms with Crippen molar-refractivity contribution in [3.8, 4) is 0 Å². The van der Waals surface area contributed by atoms with E-state index >= 15 is 0 Å². The van der Waals surface area contributed by atoms with Gasteiger partial charge in [0.1, 0.15) is 0 Å². The Hall–Kier alpha value is -2.49. The number of carbonyl (C=O) groups excluding carboxylic acids is 1. The van der Waals surface area contributed by atoms with Crippen LogP contribution in [0.3, 0.4) is 0 Å². The molecular formula is C28H36N4O3S2. The van der Waals surface area contributed by atoms with Crippen molar-refractivity contribution < 1.29 is 13.2 Å². The molecule has 1 amide bonds. The quantitative estimate of drug-likeness (QED) is 0.422. The summed E-state index contributed by atoms with van der Waals surface area (Å²) in [6, 6.07) is 12.9. The molecule has 7 nitrogen and oxygen atoms in total. The van der Waals surface area contributed by atoms with Crippen LogP contribution in [0.1, 0.15) is 67.8 Å². The first-order chi connectivity index (χ1) is 17.8. The maximum absolute atomic E-state index is 13.2. The molecule has 198 valence electrons. The predicted molar refractivity (Wildman–Crippen MR) is 150 cm³/mol. The average Bonchev–Trinajstić information content (AvgIpc) is 3.37. The third-order valence-electron chi connectivity index (χ3n) is 7.77. The van der Waals surface area contributed by atoms with Gasteiger partial charge in [0.2, 0.25) is 10.0 Å². The van der Waals surface area contributed by atoms with Crippen LogP contribution < -0.4 is 4.90 Å². The van der Waals surface area contributed by atoms with Crippen LogP contribution in [0.15, 0.2) is 47.4 Å². The second kappa shape index (κ2) is 10.7. The largest absolute Gasteiger partial charge is 0.345 e. The molecule has 9 heteroatoms. The zero-order valence-corrected chi connectivity index (χ0v) is 23.5. The fourth-order valence-electron chi connectivity index (χ4n) is 5.42. The second-order valence-electron chi connectivity index (χ2n) is 10.5. The molecule has 5 rings (SSSR count). The van der Waals surface area contributed by atoms with Crippen LogP contribution in [-0.2, 0) is 10.0 Å². The molecule has 0 unspecified atom stereocenters. The highest BCUT2D eigenvalue weighted by Crippen LogP contribution is 2.34. The molecule has 1 aliphatic heterocycles. The molecule has 0 bridgehead atoms. The molecule has 0 radical (unpaired) electrons. The van der Waals surface area contributed by atoms with Crippen LogP contribution in [0, 0.1) is 0 Å². The summed E-state index contributed by atoms with van der Waals surface area (Å²) >= 11 is 1.71. The molecule has 0 spiro atoms. The SMILES string of the molecule is CC(C)c1cccc2sc(N3CCN(C(=O)c4ccc(S(=O)(=O)N(C)C5CCCCC5)cc4)CC3)nc12. The maximum Gasteiger partial charge on any atom is 0.253 e. The van der Waals surface area contributed by atoms with Crippen molar-refractivity contribution in [3.05, 3.63) is 53.6 Å². The monoisotopic (exact) mass is 540 g/mol. The van der Waals surface area contributed by atoms with Crippen molar-refractivity contribution in [2.75, 3.05) is 38.1 Å². The first kappa shape index (κ1) is 26.1. The van der Waals surface area contributed by atoms with Gasteiger partial charge in [0.15, 0.2) is 5.13 Å². The lowest BCUT2D eigenvalue weighted by Gasteiger charge is -2.34. The van der Waals surface area contributed by atoms with Gasteiger partial charge in [-0.05, 0) is 54.7 Å². The first-order valence-electron chi connectivity index (χ1n) is 13.3. The van der Waals surface area contributed by atoms with E-state index in [4.69, 9.17) is 4.98 Å². The van der Waals surface area contributed by atoms with Gasteiger partial charge in [-0.25, -0.2) is 13.4 Å². The summed E-state index contributed by atoms with van der Waals surface area (Å²) in [5.41, 5.74) is 2.87. The molecule has 3 aromatic rings. The Morgan fingerprint density at radius 2 is 1.68 bits per heavy atom. The highest BCUT2D eigenvalue weighted by atomic mass is 32.2. The molecule has 2 fully saturated rings.